The highest BCUT2D eigenvalue weighted by atomic mass is 16.6. The van der Waals surface area contributed by atoms with Gasteiger partial charge in [0.2, 0.25) is 11.9 Å². The first-order chi connectivity index (χ1) is 24.2. The molecule has 12 heteroatoms. The summed E-state index contributed by atoms with van der Waals surface area (Å²) >= 11 is 0. The van der Waals surface area contributed by atoms with Gasteiger partial charge in [0.05, 0.1) is 0 Å². The molecular formula is C39H57N5O7. The van der Waals surface area contributed by atoms with Crippen LogP contribution in [0.4, 0.5) is 14.4 Å². The van der Waals surface area contributed by atoms with Crippen molar-refractivity contribution in [2.75, 3.05) is 19.7 Å². The highest BCUT2D eigenvalue weighted by molar-refractivity contribution is 5.98. The normalized spacial score (nSPS) is 13.4. The van der Waals surface area contributed by atoms with E-state index in [0.29, 0.717) is 13.0 Å². The predicted molar refractivity (Wildman–Crippen MR) is 199 cm³/mol. The van der Waals surface area contributed by atoms with Gasteiger partial charge < -0.3 is 30.2 Å². The Morgan fingerprint density at radius 3 is 1.90 bits per heavy atom. The molecule has 12 nitrogen and oxygen atoms in total. The van der Waals surface area contributed by atoms with Gasteiger partial charge >= 0.3 is 18.3 Å². The number of carbonyl (C=O) groups is 4. The van der Waals surface area contributed by atoms with E-state index in [1.165, 1.54) is 19.3 Å². The van der Waals surface area contributed by atoms with Crippen molar-refractivity contribution in [3.8, 4) is 11.1 Å². The molecule has 2 aromatic rings. The third-order valence-corrected chi connectivity index (χ3v) is 7.96. The molecule has 0 heterocycles. The van der Waals surface area contributed by atoms with Crippen LogP contribution in [0.1, 0.15) is 117 Å². The molecule has 0 saturated carbocycles. The number of amides is 4. The summed E-state index contributed by atoms with van der Waals surface area (Å²) in [6.07, 6.45) is 4.72. The summed E-state index contributed by atoms with van der Waals surface area (Å²) < 4.78 is 16.3. The van der Waals surface area contributed by atoms with Crippen molar-refractivity contribution in [2.24, 2.45) is 4.99 Å². The number of nitrogens with one attached hydrogen (secondary N) is 4. The van der Waals surface area contributed by atoms with Gasteiger partial charge in [-0.25, -0.2) is 14.4 Å². The monoisotopic (exact) mass is 707 g/mol. The standard InChI is InChI=1S/C39H57N5O7/c1-8-9-10-11-12-17-24-40-33(45)32(23-18-25-41-34(43-36(47)50-38(2,3)4)44-37(48)51-39(5,6)7)42-35(46)49-26-31-29-21-15-13-19-27(29)28-20-14-16-22-30(28)31/h13-16,19-22,31-32H,8-12,17-18,23-26H2,1-7H3,(H,40,45)(H,42,46)(H2,41,43,44,47,48)/t32-/m0/s1. The second-order valence-corrected chi connectivity index (χ2v) is 14.7. The Kier molecular flexibility index (Phi) is 15.8. The van der Waals surface area contributed by atoms with E-state index in [4.69, 9.17) is 14.2 Å². The van der Waals surface area contributed by atoms with Crippen LogP contribution in [0.5, 0.6) is 0 Å². The molecule has 51 heavy (non-hydrogen) atoms. The maximum Gasteiger partial charge on any atom is 0.437 e. The molecule has 4 amide bonds. The lowest BCUT2D eigenvalue weighted by Gasteiger charge is -2.22. The lowest BCUT2D eigenvalue weighted by atomic mass is 9.98. The number of rotatable bonds is 15. The molecule has 4 N–H and O–H groups in total. The van der Waals surface area contributed by atoms with Crippen molar-refractivity contribution in [3.63, 3.8) is 0 Å². The second-order valence-electron chi connectivity index (χ2n) is 14.7. The number of benzene rings is 2. The van der Waals surface area contributed by atoms with Crippen LogP contribution in [0.2, 0.25) is 0 Å². The highest BCUT2D eigenvalue weighted by Crippen LogP contribution is 2.44. The summed E-state index contributed by atoms with van der Waals surface area (Å²) in [6, 6.07) is 15.3. The molecule has 2 aromatic carbocycles. The van der Waals surface area contributed by atoms with Gasteiger partial charge in [-0.05, 0) is 83.1 Å². The molecule has 280 valence electrons. The molecular weight excluding hydrogens is 650 g/mol. The van der Waals surface area contributed by atoms with Gasteiger partial charge in [0.25, 0.3) is 0 Å². The first-order valence-electron chi connectivity index (χ1n) is 18.1. The Bertz CT molecular complexity index is 1450. The average Bonchev–Trinajstić information content (AvgIpc) is 3.36. The minimum Gasteiger partial charge on any atom is -0.449 e. The molecule has 0 radical (unpaired) electrons. The molecule has 3 rings (SSSR count). The van der Waals surface area contributed by atoms with Gasteiger partial charge in [0.15, 0.2) is 0 Å². The van der Waals surface area contributed by atoms with Crippen molar-refractivity contribution >= 4 is 30.1 Å². The molecule has 0 aromatic heterocycles. The summed E-state index contributed by atoms with van der Waals surface area (Å²) in [6.45, 7) is 13.2. The fourth-order valence-electron chi connectivity index (χ4n) is 5.69. The first-order valence-corrected chi connectivity index (χ1v) is 18.1. The van der Waals surface area contributed by atoms with E-state index in [0.717, 1.165) is 41.5 Å². The van der Waals surface area contributed by atoms with E-state index < -0.39 is 35.5 Å². The molecule has 1 aliphatic rings. The van der Waals surface area contributed by atoms with E-state index >= 15 is 0 Å². The van der Waals surface area contributed by atoms with E-state index in [1.54, 1.807) is 41.5 Å². The van der Waals surface area contributed by atoms with Crippen molar-refractivity contribution in [1.82, 2.24) is 21.3 Å². The van der Waals surface area contributed by atoms with Crippen LogP contribution in [0.25, 0.3) is 11.1 Å². The molecule has 0 bridgehead atoms. The number of ether oxygens (including phenoxy) is 3. The number of unbranched alkanes of at least 4 members (excludes halogenated alkanes) is 5. The third kappa shape index (κ3) is 14.6. The fraction of sp³-hybridized carbons (Fsp3) is 0.564. The number of hydrogen-bond donors (Lipinski definition) is 4. The number of alkyl carbamates (subject to hydrolysis) is 2. The van der Waals surface area contributed by atoms with Gasteiger partial charge in [0.1, 0.15) is 23.9 Å². The van der Waals surface area contributed by atoms with E-state index in [2.05, 4.69) is 45.3 Å². The number of carbonyl (C=O) groups excluding carboxylic acids is 4. The largest absolute Gasteiger partial charge is 0.449 e. The van der Waals surface area contributed by atoms with Gasteiger partial charge in [-0.1, -0.05) is 87.6 Å². The van der Waals surface area contributed by atoms with Crippen molar-refractivity contribution in [3.05, 3.63) is 59.7 Å². The molecule has 0 spiro atoms. The molecule has 0 saturated heterocycles. The number of aliphatic imine (C=N–C) groups is 1. The van der Waals surface area contributed by atoms with Crippen LogP contribution in [0.15, 0.2) is 53.5 Å². The topological polar surface area (TPSA) is 156 Å². The predicted octanol–water partition coefficient (Wildman–Crippen LogP) is 7.56. The summed E-state index contributed by atoms with van der Waals surface area (Å²) in [7, 11) is 0. The lowest BCUT2D eigenvalue weighted by molar-refractivity contribution is -0.123. The van der Waals surface area contributed by atoms with Crippen LogP contribution >= 0.6 is 0 Å². The molecule has 1 atom stereocenters. The van der Waals surface area contributed by atoms with E-state index in [1.807, 2.05) is 36.4 Å². The number of guanidine groups is 1. The van der Waals surface area contributed by atoms with Gasteiger partial charge in [-0.2, -0.15) is 0 Å². The summed E-state index contributed by atoms with van der Waals surface area (Å²) in [5, 5.41) is 11.1. The van der Waals surface area contributed by atoms with Crippen LogP contribution in [-0.2, 0) is 19.0 Å². The quantitative estimate of drug-likeness (QED) is 0.0640. The fourth-order valence-corrected chi connectivity index (χ4v) is 5.69. The maximum absolute atomic E-state index is 13.3. The Morgan fingerprint density at radius 2 is 1.29 bits per heavy atom. The van der Waals surface area contributed by atoms with Crippen LogP contribution < -0.4 is 21.3 Å². The Hall–Kier alpha value is -4.61. The minimum absolute atomic E-state index is 0.118. The van der Waals surface area contributed by atoms with Crippen LogP contribution in [0, 0.1) is 0 Å². The zero-order valence-electron chi connectivity index (χ0n) is 31.4. The van der Waals surface area contributed by atoms with Crippen molar-refractivity contribution in [2.45, 2.75) is 123 Å². The van der Waals surface area contributed by atoms with Crippen molar-refractivity contribution < 1.29 is 33.4 Å². The lowest BCUT2D eigenvalue weighted by Crippen LogP contribution is -2.48. The molecule has 1 aliphatic carbocycles. The number of nitrogens with zero attached hydrogens (tertiary/aromatic N) is 1. The molecule has 0 fully saturated rings. The summed E-state index contributed by atoms with van der Waals surface area (Å²) in [5.74, 6) is -0.592. The van der Waals surface area contributed by atoms with Gasteiger partial charge in [0, 0.05) is 19.0 Å². The highest BCUT2D eigenvalue weighted by Gasteiger charge is 2.30. The van der Waals surface area contributed by atoms with Crippen molar-refractivity contribution in [1.29, 1.82) is 0 Å². The van der Waals surface area contributed by atoms with Gasteiger partial charge in [-0.3, -0.25) is 10.1 Å². The third-order valence-electron chi connectivity index (χ3n) is 7.96. The summed E-state index contributed by atoms with van der Waals surface area (Å²) in [5.41, 5.74) is 2.86. The zero-order chi connectivity index (χ0) is 37.4. The minimum atomic E-state index is -0.898. The summed E-state index contributed by atoms with van der Waals surface area (Å²) in [4.78, 5) is 55.2. The van der Waals surface area contributed by atoms with Gasteiger partial charge in [-0.15, -0.1) is 4.99 Å². The molecule has 0 aliphatic heterocycles. The second kappa shape index (κ2) is 19.7. The number of fused-ring (bicyclic) bond motifs is 3. The Labute approximate surface area is 302 Å². The number of hydrogen-bond acceptors (Lipinski definition) is 7. The Morgan fingerprint density at radius 1 is 0.725 bits per heavy atom. The average molecular weight is 708 g/mol. The maximum atomic E-state index is 13.3. The first kappa shape index (κ1) is 40.8. The van der Waals surface area contributed by atoms with Crippen LogP contribution in [-0.4, -0.2) is 67.1 Å². The van der Waals surface area contributed by atoms with E-state index in [-0.39, 0.29) is 37.4 Å². The molecule has 0 unspecified atom stereocenters. The Balaban J connectivity index is 1.63. The smallest absolute Gasteiger partial charge is 0.437 e. The SMILES string of the molecule is CCCCCCCCNC(=O)[C@H](CCCN/C(=N\C(=O)OC(C)(C)C)NC(=O)OC(C)(C)C)NC(=O)OCC1c2ccccc2-c2ccccc21. The van der Waals surface area contributed by atoms with E-state index in [9.17, 15) is 19.2 Å². The zero-order valence-corrected chi connectivity index (χ0v) is 31.4. The van der Waals surface area contributed by atoms with Crippen LogP contribution in [0.3, 0.4) is 0 Å².